The molecule has 0 bridgehead atoms. The van der Waals surface area contributed by atoms with Gasteiger partial charge in [-0.25, -0.2) is 9.78 Å². The lowest BCUT2D eigenvalue weighted by Crippen LogP contribution is -2.41. The molecule has 0 fully saturated rings. The summed E-state index contributed by atoms with van der Waals surface area (Å²) in [7, 11) is 1.20. The standard InChI is InChI=1S/C23H25N5O7S/c1-5-35-22(31)19(15-10-36-23(24)26-15)27-20(29)16-11(2)25-12(3)17(21(30)34-4)18(16)13-7-6-8-14(9-13)28(32)33/h6-10,17-19H,5H2,1-4H3,(H2,24,26)(H,27,29). The fourth-order valence-corrected chi connectivity index (χ4v) is 4.67. The van der Waals surface area contributed by atoms with E-state index in [1.807, 2.05) is 0 Å². The smallest absolute Gasteiger partial charge is 0.335 e. The molecule has 1 aromatic heterocycles. The molecule has 2 heterocycles. The van der Waals surface area contributed by atoms with Gasteiger partial charge in [-0.2, -0.15) is 0 Å². The Bertz CT molecular complexity index is 1270. The minimum atomic E-state index is -1.28. The number of nitrogens with zero attached hydrogens (tertiary/aromatic N) is 3. The van der Waals surface area contributed by atoms with Crippen molar-refractivity contribution in [2.24, 2.45) is 10.9 Å². The number of aliphatic imine (C=N–C) groups is 1. The van der Waals surface area contributed by atoms with Crippen molar-refractivity contribution in [1.82, 2.24) is 10.3 Å². The number of esters is 2. The molecule has 12 nitrogen and oxygen atoms in total. The highest BCUT2D eigenvalue weighted by Gasteiger charge is 2.43. The molecule has 1 aromatic carbocycles. The summed E-state index contributed by atoms with van der Waals surface area (Å²) in [6.45, 7) is 4.88. The number of nitrogens with one attached hydrogen (secondary N) is 1. The zero-order valence-corrected chi connectivity index (χ0v) is 20.8. The second kappa shape index (κ2) is 11.1. The molecule has 0 saturated carbocycles. The van der Waals surface area contributed by atoms with Crippen molar-refractivity contribution in [3.05, 3.63) is 62.3 Å². The number of hydrogen-bond acceptors (Lipinski definition) is 11. The number of nitro groups is 1. The van der Waals surface area contributed by atoms with E-state index in [1.165, 1.54) is 30.7 Å². The maximum atomic E-state index is 13.7. The first kappa shape index (κ1) is 26.5. The Hall–Kier alpha value is -4.13. The summed E-state index contributed by atoms with van der Waals surface area (Å²) < 4.78 is 10.1. The van der Waals surface area contributed by atoms with Gasteiger partial charge in [0.05, 0.1) is 24.3 Å². The third-order valence-electron chi connectivity index (χ3n) is 5.60. The van der Waals surface area contributed by atoms with Gasteiger partial charge in [-0.1, -0.05) is 12.1 Å². The van der Waals surface area contributed by atoms with Crippen LogP contribution in [0.15, 0.2) is 45.9 Å². The van der Waals surface area contributed by atoms with Gasteiger partial charge in [-0.3, -0.25) is 24.7 Å². The Kier molecular flexibility index (Phi) is 8.14. The van der Waals surface area contributed by atoms with Crippen LogP contribution in [0.5, 0.6) is 0 Å². The molecule has 1 aliphatic heterocycles. The molecule has 13 heteroatoms. The lowest BCUT2D eigenvalue weighted by atomic mass is 9.75. The number of thiazole rings is 1. The van der Waals surface area contributed by atoms with E-state index in [4.69, 9.17) is 15.2 Å². The number of aromatic nitrogens is 1. The highest BCUT2D eigenvalue weighted by Crippen LogP contribution is 2.40. The molecular formula is C23H25N5O7S. The van der Waals surface area contributed by atoms with Gasteiger partial charge in [0, 0.05) is 40.4 Å². The van der Waals surface area contributed by atoms with Gasteiger partial charge in [-0.05, 0) is 26.3 Å². The predicted octanol–water partition coefficient (Wildman–Crippen LogP) is 2.68. The van der Waals surface area contributed by atoms with Crippen molar-refractivity contribution in [3.8, 4) is 0 Å². The molecule has 36 heavy (non-hydrogen) atoms. The SMILES string of the molecule is CCOC(=O)C(NC(=O)C1=C(C)N=C(C)C(C(=O)OC)C1c1cccc([N+](=O)[O-])c1)c1csc(N)n1. The first-order chi connectivity index (χ1) is 17.1. The van der Waals surface area contributed by atoms with Crippen molar-refractivity contribution in [1.29, 1.82) is 0 Å². The minimum Gasteiger partial charge on any atom is -0.468 e. The number of methoxy groups -OCH3 is 1. The Morgan fingerprint density at radius 2 is 2.03 bits per heavy atom. The average Bonchev–Trinajstić information content (AvgIpc) is 3.27. The van der Waals surface area contributed by atoms with Crippen LogP contribution in [0.25, 0.3) is 0 Å². The van der Waals surface area contributed by atoms with E-state index >= 15 is 0 Å². The lowest BCUT2D eigenvalue weighted by Gasteiger charge is -2.32. The van der Waals surface area contributed by atoms with Crippen LogP contribution in [0.1, 0.15) is 44.0 Å². The maximum Gasteiger partial charge on any atom is 0.335 e. The second-order valence-corrected chi connectivity index (χ2v) is 8.74. The zero-order valence-electron chi connectivity index (χ0n) is 20.0. The molecule has 3 rings (SSSR count). The molecule has 3 N–H and O–H groups in total. The van der Waals surface area contributed by atoms with Crippen LogP contribution in [-0.4, -0.2) is 47.2 Å². The van der Waals surface area contributed by atoms with Gasteiger partial charge in [-0.15, -0.1) is 11.3 Å². The summed E-state index contributed by atoms with van der Waals surface area (Å²) in [5.74, 6) is -4.14. The summed E-state index contributed by atoms with van der Waals surface area (Å²) in [5.41, 5.74) is 6.73. The van der Waals surface area contributed by atoms with E-state index in [-0.39, 0.29) is 34.4 Å². The molecule has 0 saturated heterocycles. The fraction of sp³-hybridized carbons (Fsp3) is 0.348. The predicted molar refractivity (Wildman–Crippen MR) is 131 cm³/mol. The van der Waals surface area contributed by atoms with Crippen LogP contribution in [0.2, 0.25) is 0 Å². The van der Waals surface area contributed by atoms with E-state index in [9.17, 15) is 24.5 Å². The van der Waals surface area contributed by atoms with Crippen LogP contribution in [0.3, 0.4) is 0 Å². The number of anilines is 1. The highest BCUT2D eigenvalue weighted by atomic mass is 32.1. The van der Waals surface area contributed by atoms with Crippen LogP contribution < -0.4 is 11.1 Å². The number of amides is 1. The van der Waals surface area contributed by atoms with E-state index in [2.05, 4.69) is 15.3 Å². The third-order valence-corrected chi connectivity index (χ3v) is 6.29. The van der Waals surface area contributed by atoms with Crippen molar-refractivity contribution in [2.45, 2.75) is 32.7 Å². The second-order valence-electron chi connectivity index (χ2n) is 7.85. The summed E-state index contributed by atoms with van der Waals surface area (Å²) >= 11 is 1.09. The minimum absolute atomic E-state index is 0.0500. The number of non-ortho nitro benzene ring substituents is 1. The number of rotatable bonds is 8. The number of benzene rings is 1. The zero-order chi connectivity index (χ0) is 26.6. The fourth-order valence-electron chi connectivity index (χ4n) is 4.08. The molecule has 190 valence electrons. The summed E-state index contributed by atoms with van der Waals surface area (Å²) in [6, 6.07) is 4.37. The monoisotopic (exact) mass is 515 g/mol. The maximum absolute atomic E-state index is 13.7. The largest absolute Gasteiger partial charge is 0.468 e. The van der Waals surface area contributed by atoms with Crippen LogP contribution in [-0.2, 0) is 23.9 Å². The number of nitrogens with two attached hydrogens (primary N) is 1. The number of carbonyl (C=O) groups excluding carboxylic acids is 3. The number of ether oxygens (including phenoxy) is 2. The quantitative estimate of drug-likeness (QED) is 0.304. The van der Waals surface area contributed by atoms with Gasteiger partial charge < -0.3 is 20.5 Å². The molecule has 3 unspecified atom stereocenters. The molecule has 0 radical (unpaired) electrons. The van der Waals surface area contributed by atoms with E-state index in [1.54, 1.807) is 26.8 Å². The summed E-state index contributed by atoms with van der Waals surface area (Å²) in [4.78, 5) is 58.5. The van der Waals surface area contributed by atoms with Crippen LogP contribution >= 0.6 is 11.3 Å². The van der Waals surface area contributed by atoms with Crippen molar-refractivity contribution in [2.75, 3.05) is 19.5 Å². The number of nitro benzene ring substituents is 1. The number of allylic oxidation sites excluding steroid dienone is 1. The highest BCUT2D eigenvalue weighted by molar-refractivity contribution is 7.13. The first-order valence-electron chi connectivity index (χ1n) is 10.9. The molecule has 3 atom stereocenters. The topological polar surface area (TPSA) is 176 Å². The van der Waals surface area contributed by atoms with Gasteiger partial charge in [0.2, 0.25) is 0 Å². The number of hydrogen-bond donors (Lipinski definition) is 2. The van der Waals surface area contributed by atoms with E-state index < -0.39 is 40.6 Å². The van der Waals surface area contributed by atoms with Gasteiger partial charge in [0.1, 0.15) is 5.92 Å². The molecular weight excluding hydrogens is 490 g/mol. The van der Waals surface area contributed by atoms with E-state index in [0.717, 1.165) is 11.3 Å². The van der Waals surface area contributed by atoms with Gasteiger partial charge in [0.15, 0.2) is 11.2 Å². The Morgan fingerprint density at radius 1 is 1.31 bits per heavy atom. The molecule has 1 aliphatic rings. The molecule has 0 spiro atoms. The molecule has 2 aromatic rings. The Morgan fingerprint density at radius 3 is 2.61 bits per heavy atom. The third kappa shape index (κ3) is 5.40. The van der Waals surface area contributed by atoms with Gasteiger partial charge in [0.25, 0.3) is 11.6 Å². The average molecular weight is 516 g/mol. The Balaban J connectivity index is 2.12. The Labute approximate surface area is 210 Å². The molecule has 0 aliphatic carbocycles. The van der Waals surface area contributed by atoms with Crippen LogP contribution in [0.4, 0.5) is 10.8 Å². The summed E-state index contributed by atoms with van der Waals surface area (Å²) in [6.07, 6.45) is 0. The number of nitrogen functional groups attached to an aromatic ring is 1. The normalized spacial score (nSPS) is 18.2. The van der Waals surface area contributed by atoms with Crippen LogP contribution in [0, 0.1) is 16.0 Å². The molecule has 1 amide bonds. The summed E-state index contributed by atoms with van der Waals surface area (Å²) in [5, 5.41) is 15.8. The lowest BCUT2D eigenvalue weighted by molar-refractivity contribution is -0.384. The van der Waals surface area contributed by atoms with Crippen molar-refractivity contribution in [3.63, 3.8) is 0 Å². The van der Waals surface area contributed by atoms with Gasteiger partial charge >= 0.3 is 11.9 Å². The van der Waals surface area contributed by atoms with E-state index in [0.29, 0.717) is 11.3 Å². The van der Waals surface area contributed by atoms with Crippen molar-refractivity contribution >= 4 is 45.7 Å². The van der Waals surface area contributed by atoms with Crippen molar-refractivity contribution < 1.29 is 28.8 Å². The first-order valence-corrected chi connectivity index (χ1v) is 11.7. The number of carbonyl (C=O) groups is 3.